The van der Waals surface area contributed by atoms with Gasteiger partial charge in [0.05, 0.1) is 19.1 Å². The number of amides is 2. The summed E-state index contributed by atoms with van der Waals surface area (Å²) in [6, 6.07) is 8.67. The van der Waals surface area contributed by atoms with Gasteiger partial charge in [-0.05, 0) is 25.1 Å². The molecule has 2 rings (SSSR count). The molecule has 1 aromatic rings. The normalized spacial score (nSPS) is 18.1. The zero-order chi connectivity index (χ0) is 13.7. The van der Waals surface area contributed by atoms with Gasteiger partial charge < -0.3 is 10.1 Å². The number of anilines is 1. The lowest BCUT2D eigenvalue weighted by atomic mass is 10.1. The number of esters is 1. The van der Waals surface area contributed by atoms with Crippen molar-refractivity contribution in [2.75, 3.05) is 11.5 Å². The highest BCUT2D eigenvalue weighted by Gasteiger charge is 2.28. The van der Waals surface area contributed by atoms with Crippen molar-refractivity contribution in [1.82, 2.24) is 5.32 Å². The van der Waals surface area contributed by atoms with Crippen LogP contribution in [0.15, 0.2) is 42.6 Å². The van der Waals surface area contributed by atoms with Crippen molar-refractivity contribution in [1.29, 1.82) is 0 Å². The zero-order valence-corrected chi connectivity index (χ0v) is 10.7. The Morgan fingerprint density at radius 3 is 2.79 bits per heavy atom. The van der Waals surface area contributed by atoms with Gasteiger partial charge in [0.15, 0.2) is 0 Å². The Kier molecular flexibility index (Phi) is 4.18. The predicted octanol–water partition coefficient (Wildman–Crippen LogP) is 2.05. The van der Waals surface area contributed by atoms with Gasteiger partial charge in [-0.15, -0.1) is 0 Å². The van der Waals surface area contributed by atoms with Crippen LogP contribution in [0.4, 0.5) is 10.5 Å². The second-order valence-corrected chi connectivity index (χ2v) is 4.09. The van der Waals surface area contributed by atoms with E-state index in [9.17, 15) is 9.59 Å². The average molecular weight is 260 g/mol. The summed E-state index contributed by atoms with van der Waals surface area (Å²) in [7, 11) is 0. The molecule has 1 atom stereocenters. The molecule has 0 spiro atoms. The highest BCUT2D eigenvalue weighted by Crippen LogP contribution is 2.21. The molecule has 0 saturated heterocycles. The van der Waals surface area contributed by atoms with Crippen molar-refractivity contribution >= 4 is 17.7 Å². The molecule has 5 nitrogen and oxygen atoms in total. The van der Waals surface area contributed by atoms with E-state index in [1.807, 2.05) is 30.3 Å². The number of hydrogen-bond acceptors (Lipinski definition) is 3. The third-order valence-corrected chi connectivity index (χ3v) is 2.79. The van der Waals surface area contributed by atoms with Crippen LogP contribution in [0.2, 0.25) is 0 Å². The molecule has 1 heterocycles. The van der Waals surface area contributed by atoms with Crippen LogP contribution in [0.5, 0.6) is 0 Å². The first-order valence-corrected chi connectivity index (χ1v) is 6.19. The molecule has 2 amide bonds. The monoisotopic (exact) mass is 260 g/mol. The standard InChI is InChI=1S/C14H16N2O3/c1-2-19-13(17)10-12-8-9-15-14(18)16(12)11-6-4-3-5-7-11/h3-9,12H,2,10H2,1H3,(H,15,18). The van der Waals surface area contributed by atoms with Crippen LogP contribution in [0.3, 0.4) is 0 Å². The fourth-order valence-electron chi connectivity index (χ4n) is 1.98. The summed E-state index contributed by atoms with van der Waals surface area (Å²) < 4.78 is 4.93. The summed E-state index contributed by atoms with van der Waals surface area (Å²) in [6.07, 6.45) is 3.49. The number of urea groups is 1. The molecule has 0 fully saturated rings. The predicted molar refractivity (Wildman–Crippen MR) is 71.6 cm³/mol. The topological polar surface area (TPSA) is 58.6 Å². The minimum atomic E-state index is -0.324. The van der Waals surface area contributed by atoms with Crippen molar-refractivity contribution in [2.45, 2.75) is 19.4 Å². The number of para-hydroxylation sites is 1. The third-order valence-electron chi connectivity index (χ3n) is 2.79. The van der Waals surface area contributed by atoms with E-state index >= 15 is 0 Å². The van der Waals surface area contributed by atoms with E-state index in [1.165, 1.54) is 0 Å². The molecule has 0 saturated carbocycles. The van der Waals surface area contributed by atoms with Gasteiger partial charge in [0.25, 0.3) is 0 Å². The summed E-state index contributed by atoms with van der Waals surface area (Å²) in [6.45, 7) is 2.10. The van der Waals surface area contributed by atoms with Gasteiger partial charge >= 0.3 is 12.0 Å². The van der Waals surface area contributed by atoms with Crippen LogP contribution >= 0.6 is 0 Å². The van der Waals surface area contributed by atoms with Gasteiger partial charge in [-0.2, -0.15) is 0 Å². The van der Waals surface area contributed by atoms with E-state index < -0.39 is 0 Å². The third kappa shape index (κ3) is 3.13. The maximum Gasteiger partial charge on any atom is 0.326 e. The Morgan fingerprint density at radius 2 is 2.11 bits per heavy atom. The summed E-state index contributed by atoms with van der Waals surface area (Å²) in [4.78, 5) is 25.1. The quantitative estimate of drug-likeness (QED) is 0.843. The van der Waals surface area contributed by atoms with Crippen molar-refractivity contribution in [3.05, 3.63) is 42.6 Å². The van der Waals surface area contributed by atoms with Gasteiger partial charge in [-0.1, -0.05) is 18.2 Å². The lowest BCUT2D eigenvalue weighted by Crippen LogP contribution is -2.48. The fourth-order valence-corrected chi connectivity index (χ4v) is 1.98. The lowest BCUT2D eigenvalue weighted by molar-refractivity contribution is -0.143. The molecule has 1 aromatic carbocycles. The fraction of sp³-hybridized carbons (Fsp3) is 0.286. The van der Waals surface area contributed by atoms with Crippen LogP contribution in [0.1, 0.15) is 13.3 Å². The molecule has 0 aliphatic carbocycles. The molecule has 1 aliphatic rings. The molecule has 1 N–H and O–H groups in total. The molecule has 0 aromatic heterocycles. The van der Waals surface area contributed by atoms with Gasteiger partial charge in [0, 0.05) is 11.9 Å². The molecule has 1 aliphatic heterocycles. The highest BCUT2D eigenvalue weighted by atomic mass is 16.5. The smallest absolute Gasteiger partial charge is 0.326 e. The molecule has 5 heteroatoms. The SMILES string of the molecule is CCOC(=O)CC1C=CNC(=O)N1c1ccccc1. The number of ether oxygens (including phenoxy) is 1. The van der Waals surface area contributed by atoms with E-state index in [4.69, 9.17) is 4.74 Å². The number of nitrogens with one attached hydrogen (secondary N) is 1. The Hall–Kier alpha value is -2.30. The number of carbonyl (C=O) groups excluding carboxylic acids is 2. The van der Waals surface area contributed by atoms with Gasteiger partial charge in [0.1, 0.15) is 0 Å². The first-order chi connectivity index (χ1) is 9.22. The van der Waals surface area contributed by atoms with E-state index in [2.05, 4.69) is 5.32 Å². The Labute approximate surface area is 111 Å². The summed E-state index contributed by atoms with van der Waals surface area (Å²) in [5, 5.41) is 2.62. The molecule has 1 unspecified atom stereocenters. The lowest BCUT2D eigenvalue weighted by Gasteiger charge is -2.31. The van der Waals surface area contributed by atoms with Crippen LogP contribution < -0.4 is 10.2 Å². The van der Waals surface area contributed by atoms with Gasteiger partial charge in [-0.3, -0.25) is 9.69 Å². The van der Waals surface area contributed by atoms with Crippen LogP contribution in [0, 0.1) is 0 Å². The first kappa shape index (κ1) is 13.1. The minimum Gasteiger partial charge on any atom is -0.466 e. The van der Waals surface area contributed by atoms with Gasteiger partial charge in [-0.25, -0.2) is 4.79 Å². The average Bonchev–Trinajstić information content (AvgIpc) is 2.40. The second-order valence-electron chi connectivity index (χ2n) is 4.09. The zero-order valence-electron chi connectivity index (χ0n) is 10.7. The van der Waals surface area contributed by atoms with E-state index in [1.54, 1.807) is 24.1 Å². The number of nitrogens with zero attached hydrogens (tertiary/aromatic N) is 1. The molecule has 100 valence electrons. The highest BCUT2D eigenvalue weighted by molar-refractivity contribution is 5.95. The minimum absolute atomic E-state index is 0.145. The Balaban J connectivity index is 2.19. The number of hydrogen-bond donors (Lipinski definition) is 1. The van der Waals surface area contributed by atoms with Gasteiger partial charge in [0.2, 0.25) is 0 Å². The molecule has 0 radical (unpaired) electrons. The van der Waals surface area contributed by atoms with Crippen LogP contribution in [-0.2, 0) is 9.53 Å². The summed E-state index contributed by atoms with van der Waals surface area (Å²) in [5.41, 5.74) is 0.749. The number of carbonyl (C=O) groups is 2. The maximum atomic E-state index is 12.0. The first-order valence-electron chi connectivity index (χ1n) is 6.19. The van der Waals surface area contributed by atoms with Crippen molar-refractivity contribution in [3.8, 4) is 0 Å². The van der Waals surface area contributed by atoms with E-state index in [-0.39, 0.29) is 24.5 Å². The van der Waals surface area contributed by atoms with Crippen LogP contribution in [-0.4, -0.2) is 24.6 Å². The second kappa shape index (κ2) is 6.04. The molecular weight excluding hydrogens is 244 g/mol. The van der Waals surface area contributed by atoms with Crippen molar-refractivity contribution in [3.63, 3.8) is 0 Å². The number of rotatable bonds is 4. The molecular formula is C14H16N2O3. The molecule has 19 heavy (non-hydrogen) atoms. The van der Waals surface area contributed by atoms with E-state index in [0.717, 1.165) is 5.69 Å². The maximum absolute atomic E-state index is 12.0. The summed E-state index contributed by atoms with van der Waals surface area (Å²) in [5.74, 6) is -0.312. The van der Waals surface area contributed by atoms with Crippen molar-refractivity contribution in [2.24, 2.45) is 0 Å². The van der Waals surface area contributed by atoms with Crippen molar-refractivity contribution < 1.29 is 14.3 Å². The van der Waals surface area contributed by atoms with Crippen LogP contribution in [0.25, 0.3) is 0 Å². The number of benzene rings is 1. The Morgan fingerprint density at radius 1 is 1.37 bits per heavy atom. The Bertz CT molecular complexity index is 485. The largest absolute Gasteiger partial charge is 0.466 e. The molecule has 0 bridgehead atoms. The summed E-state index contributed by atoms with van der Waals surface area (Å²) >= 11 is 0. The van der Waals surface area contributed by atoms with E-state index in [0.29, 0.717) is 6.61 Å².